The van der Waals surface area contributed by atoms with Crippen molar-refractivity contribution in [3.8, 4) is 0 Å². The second-order valence-electron chi connectivity index (χ2n) is 2.59. The van der Waals surface area contributed by atoms with Gasteiger partial charge < -0.3 is 0 Å². The van der Waals surface area contributed by atoms with Gasteiger partial charge in [0.1, 0.15) is 0 Å². The minimum Gasteiger partial charge on any atom is -0.262 e. The van der Waals surface area contributed by atoms with E-state index >= 15 is 0 Å². The Morgan fingerprint density at radius 2 is 2.17 bits per heavy atom. The number of hydrogen-bond acceptors (Lipinski definition) is 3. The highest BCUT2D eigenvalue weighted by Gasteiger charge is 2.00. The van der Waals surface area contributed by atoms with Gasteiger partial charge in [-0.2, -0.15) is 0 Å². The molecule has 0 unspecified atom stereocenters. The van der Waals surface area contributed by atoms with Crippen LogP contribution in [0, 0.1) is 0 Å². The van der Waals surface area contributed by atoms with E-state index in [-0.39, 0.29) is 0 Å². The van der Waals surface area contributed by atoms with Gasteiger partial charge in [0.05, 0.1) is 0 Å². The molecule has 0 saturated heterocycles. The summed E-state index contributed by atoms with van der Waals surface area (Å²) in [5.74, 6) is 0. The maximum Gasteiger partial charge on any atom is 0.0346 e. The van der Waals surface area contributed by atoms with E-state index < -0.39 is 0 Å². The van der Waals surface area contributed by atoms with Gasteiger partial charge in [0.15, 0.2) is 0 Å². The summed E-state index contributed by atoms with van der Waals surface area (Å²) in [6.07, 6.45) is 0. The lowest BCUT2D eigenvalue weighted by atomic mass is 10.2. The second kappa shape index (κ2) is 3.47. The van der Waals surface area contributed by atoms with Crippen molar-refractivity contribution in [3.63, 3.8) is 0 Å². The van der Waals surface area contributed by atoms with Gasteiger partial charge in [0, 0.05) is 11.2 Å². The Morgan fingerprint density at radius 1 is 1.33 bits per heavy atom. The van der Waals surface area contributed by atoms with Crippen LogP contribution in [0.5, 0.6) is 0 Å². The standard InChI is InChI=1S/C9H9NS2/c11-10-5-7-6-12-9-4-2-1-3-8(7)9/h1-4,6,10-11H,5H2. The van der Waals surface area contributed by atoms with E-state index in [1.807, 2.05) is 0 Å². The van der Waals surface area contributed by atoms with Crippen LogP contribution in [0.2, 0.25) is 0 Å². The van der Waals surface area contributed by atoms with Crippen molar-refractivity contribution in [2.45, 2.75) is 6.54 Å². The molecular weight excluding hydrogens is 186 g/mol. The topological polar surface area (TPSA) is 12.0 Å². The predicted molar refractivity (Wildman–Crippen MR) is 57.7 cm³/mol. The minimum absolute atomic E-state index is 0.827. The number of fused-ring (bicyclic) bond motifs is 1. The van der Waals surface area contributed by atoms with E-state index in [4.69, 9.17) is 0 Å². The molecule has 0 aliphatic rings. The predicted octanol–water partition coefficient (Wildman–Crippen LogP) is 2.84. The number of thiophene rings is 1. The maximum atomic E-state index is 3.99. The van der Waals surface area contributed by atoms with Crippen LogP contribution in [0.25, 0.3) is 10.1 Å². The Kier molecular flexibility index (Phi) is 2.35. The summed E-state index contributed by atoms with van der Waals surface area (Å²) in [6, 6.07) is 8.42. The molecule has 2 rings (SSSR count). The van der Waals surface area contributed by atoms with Gasteiger partial charge in [0.25, 0.3) is 0 Å². The van der Waals surface area contributed by atoms with Crippen LogP contribution in [0.15, 0.2) is 29.6 Å². The van der Waals surface area contributed by atoms with E-state index in [2.05, 4.69) is 47.2 Å². The summed E-state index contributed by atoms with van der Waals surface area (Å²) >= 11 is 5.77. The number of benzene rings is 1. The Morgan fingerprint density at radius 3 is 3.00 bits per heavy atom. The lowest BCUT2D eigenvalue weighted by Crippen LogP contribution is -1.96. The summed E-state index contributed by atoms with van der Waals surface area (Å²) in [6.45, 7) is 0.827. The van der Waals surface area contributed by atoms with E-state index in [9.17, 15) is 0 Å². The van der Waals surface area contributed by atoms with Gasteiger partial charge in [0.2, 0.25) is 0 Å². The summed E-state index contributed by atoms with van der Waals surface area (Å²) in [7, 11) is 0. The SMILES string of the molecule is SNCc1csc2ccccc12. The minimum atomic E-state index is 0.827. The third kappa shape index (κ3) is 1.35. The van der Waals surface area contributed by atoms with Crippen LogP contribution < -0.4 is 4.72 Å². The number of rotatable bonds is 2. The smallest absolute Gasteiger partial charge is 0.0346 e. The van der Waals surface area contributed by atoms with Crippen LogP contribution in [-0.2, 0) is 6.54 Å². The lowest BCUT2D eigenvalue weighted by Gasteiger charge is -1.95. The highest BCUT2D eigenvalue weighted by Crippen LogP contribution is 2.25. The molecule has 0 aliphatic carbocycles. The molecule has 1 aromatic carbocycles. The first-order valence-corrected chi connectivity index (χ1v) is 5.06. The summed E-state index contributed by atoms with van der Waals surface area (Å²) in [5.41, 5.74) is 1.32. The third-order valence-corrected chi connectivity index (χ3v) is 3.00. The molecule has 3 heteroatoms. The van der Waals surface area contributed by atoms with Crippen molar-refractivity contribution in [3.05, 3.63) is 35.2 Å². The van der Waals surface area contributed by atoms with Gasteiger partial charge in [-0.1, -0.05) is 31.0 Å². The average Bonchev–Trinajstić information content (AvgIpc) is 2.50. The fourth-order valence-corrected chi connectivity index (χ4v) is 2.39. The highest BCUT2D eigenvalue weighted by atomic mass is 32.1. The molecule has 1 aromatic heterocycles. The Hall–Kier alpha value is -0.510. The molecule has 0 saturated carbocycles. The first kappa shape index (κ1) is 8.10. The fourth-order valence-electron chi connectivity index (χ4n) is 1.25. The molecule has 0 spiro atoms. The van der Waals surface area contributed by atoms with Gasteiger partial charge >= 0.3 is 0 Å². The molecule has 0 amide bonds. The third-order valence-electron chi connectivity index (χ3n) is 1.83. The Balaban J connectivity index is 2.55. The number of thiol groups is 1. The molecule has 1 N–H and O–H groups in total. The van der Waals surface area contributed by atoms with Gasteiger partial charge in [-0.05, 0) is 22.4 Å². The van der Waals surface area contributed by atoms with Crippen molar-refractivity contribution < 1.29 is 0 Å². The molecule has 0 atom stereocenters. The van der Waals surface area contributed by atoms with Crippen LogP contribution in [0.4, 0.5) is 0 Å². The average molecular weight is 195 g/mol. The molecule has 62 valence electrons. The Bertz CT molecular complexity index is 381. The second-order valence-corrected chi connectivity index (χ2v) is 3.82. The summed E-state index contributed by atoms with van der Waals surface area (Å²) in [5, 5.41) is 3.51. The van der Waals surface area contributed by atoms with E-state index in [0.29, 0.717) is 0 Å². The zero-order valence-electron chi connectivity index (χ0n) is 6.45. The lowest BCUT2D eigenvalue weighted by molar-refractivity contribution is 1.00. The summed E-state index contributed by atoms with van der Waals surface area (Å²) in [4.78, 5) is 0. The number of hydrogen-bond donors (Lipinski definition) is 2. The molecule has 1 heterocycles. The normalized spacial score (nSPS) is 10.8. The number of nitrogens with one attached hydrogen (secondary N) is 1. The largest absolute Gasteiger partial charge is 0.262 e. The molecule has 0 fully saturated rings. The highest BCUT2D eigenvalue weighted by molar-refractivity contribution is 7.78. The van der Waals surface area contributed by atoms with Gasteiger partial charge in [-0.15, -0.1) is 11.3 Å². The first-order chi connectivity index (χ1) is 5.92. The molecule has 0 radical (unpaired) electrons. The Labute approximate surface area is 81.0 Å². The molecular formula is C9H9NS2. The van der Waals surface area contributed by atoms with E-state index in [1.54, 1.807) is 11.3 Å². The monoisotopic (exact) mass is 195 g/mol. The van der Waals surface area contributed by atoms with E-state index in [1.165, 1.54) is 15.6 Å². The van der Waals surface area contributed by atoms with Crippen molar-refractivity contribution in [2.75, 3.05) is 0 Å². The molecule has 0 bridgehead atoms. The zero-order valence-corrected chi connectivity index (χ0v) is 8.16. The zero-order chi connectivity index (χ0) is 8.39. The van der Waals surface area contributed by atoms with Crippen LogP contribution in [0.1, 0.15) is 5.56 Å². The maximum absolute atomic E-state index is 3.99. The van der Waals surface area contributed by atoms with Crippen LogP contribution in [-0.4, -0.2) is 0 Å². The van der Waals surface area contributed by atoms with Crippen molar-refractivity contribution in [1.29, 1.82) is 0 Å². The van der Waals surface area contributed by atoms with Crippen LogP contribution in [0.3, 0.4) is 0 Å². The molecule has 1 nitrogen and oxygen atoms in total. The van der Waals surface area contributed by atoms with E-state index in [0.717, 1.165) is 6.54 Å². The van der Waals surface area contributed by atoms with Gasteiger partial charge in [-0.3, -0.25) is 4.72 Å². The summed E-state index contributed by atoms with van der Waals surface area (Å²) < 4.78 is 4.21. The fraction of sp³-hybridized carbons (Fsp3) is 0.111. The first-order valence-electron chi connectivity index (χ1n) is 3.74. The quantitative estimate of drug-likeness (QED) is 0.702. The van der Waals surface area contributed by atoms with Gasteiger partial charge in [-0.25, -0.2) is 0 Å². The van der Waals surface area contributed by atoms with Crippen molar-refractivity contribution in [1.82, 2.24) is 4.72 Å². The van der Waals surface area contributed by atoms with Crippen molar-refractivity contribution in [2.24, 2.45) is 0 Å². The van der Waals surface area contributed by atoms with Crippen molar-refractivity contribution >= 4 is 34.2 Å². The molecule has 12 heavy (non-hydrogen) atoms. The molecule has 0 aliphatic heterocycles. The molecule has 2 aromatic rings. The van der Waals surface area contributed by atoms with Crippen LogP contribution >= 0.6 is 24.2 Å².